The Morgan fingerprint density at radius 1 is 1.26 bits per heavy atom. The van der Waals surface area contributed by atoms with Crippen molar-refractivity contribution in [2.24, 2.45) is 0 Å². The first kappa shape index (κ1) is 17.4. The van der Waals surface area contributed by atoms with E-state index in [1.165, 1.54) is 0 Å². The molecule has 1 aromatic carbocycles. The van der Waals surface area contributed by atoms with Crippen LogP contribution in [0.4, 0.5) is 10.3 Å². The minimum Gasteiger partial charge on any atom is -0.493 e. The normalized spacial score (nSPS) is 11.0. The molecule has 0 bridgehead atoms. The highest BCUT2D eigenvalue weighted by atomic mass is 35.5. The van der Waals surface area contributed by atoms with Crippen LogP contribution in [0.3, 0.4) is 0 Å². The van der Waals surface area contributed by atoms with Crippen molar-refractivity contribution in [1.82, 2.24) is 10.2 Å². The molecule has 1 heterocycles. The number of hydrogen-bond donors (Lipinski definition) is 2. The first-order valence-electron chi connectivity index (χ1n) is 6.31. The molecule has 2 aromatic rings. The van der Waals surface area contributed by atoms with E-state index in [2.05, 4.69) is 20.2 Å². The molecule has 0 fully saturated rings. The van der Waals surface area contributed by atoms with Crippen molar-refractivity contribution in [3.05, 3.63) is 29.3 Å². The van der Waals surface area contributed by atoms with E-state index < -0.39 is 10.0 Å². The van der Waals surface area contributed by atoms with Gasteiger partial charge in [-0.05, 0) is 24.3 Å². The van der Waals surface area contributed by atoms with E-state index in [0.29, 0.717) is 10.8 Å². The smallest absolute Gasteiger partial charge is 0.231 e. The Balaban J connectivity index is 1.77. The number of benzene rings is 1. The van der Waals surface area contributed by atoms with Crippen LogP contribution in [0, 0.1) is 0 Å². The first-order chi connectivity index (χ1) is 10.8. The average Bonchev–Trinajstić information content (AvgIpc) is 2.86. The molecular weight excluding hydrogens is 364 g/mol. The van der Waals surface area contributed by atoms with Crippen LogP contribution in [0.5, 0.6) is 5.75 Å². The maximum Gasteiger partial charge on any atom is 0.231 e. The molecule has 8 nitrogen and oxygen atoms in total. The van der Waals surface area contributed by atoms with Crippen molar-refractivity contribution in [2.75, 3.05) is 22.9 Å². The van der Waals surface area contributed by atoms with Crippen LogP contribution in [0.2, 0.25) is 5.02 Å². The number of anilines is 2. The van der Waals surface area contributed by atoms with Crippen molar-refractivity contribution < 1.29 is 17.9 Å². The lowest BCUT2D eigenvalue weighted by atomic mass is 10.3. The van der Waals surface area contributed by atoms with Crippen LogP contribution in [-0.4, -0.2) is 37.4 Å². The number of carbonyl (C=O) groups is 1. The maximum absolute atomic E-state index is 11.7. The number of nitrogens with zero attached hydrogens (tertiary/aromatic N) is 2. The summed E-state index contributed by atoms with van der Waals surface area (Å²) >= 11 is 6.67. The molecule has 2 rings (SSSR count). The number of ether oxygens (including phenoxy) is 1. The third-order valence-electron chi connectivity index (χ3n) is 2.36. The highest BCUT2D eigenvalue weighted by Crippen LogP contribution is 2.21. The number of rotatable bonds is 7. The van der Waals surface area contributed by atoms with Crippen molar-refractivity contribution in [3.63, 3.8) is 0 Å². The molecule has 0 spiro atoms. The topological polar surface area (TPSA) is 110 Å². The van der Waals surface area contributed by atoms with Crippen molar-refractivity contribution in [3.8, 4) is 5.75 Å². The molecule has 23 heavy (non-hydrogen) atoms. The summed E-state index contributed by atoms with van der Waals surface area (Å²) in [5.41, 5.74) is 0. The van der Waals surface area contributed by atoms with Gasteiger partial charge in [0.2, 0.25) is 26.2 Å². The Morgan fingerprint density at radius 2 is 1.91 bits per heavy atom. The highest BCUT2D eigenvalue weighted by molar-refractivity contribution is 7.92. The van der Waals surface area contributed by atoms with Gasteiger partial charge in [0.15, 0.2) is 0 Å². The van der Waals surface area contributed by atoms with Gasteiger partial charge in [-0.15, -0.1) is 10.2 Å². The van der Waals surface area contributed by atoms with Crippen LogP contribution in [0.15, 0.2) is 24.3 Å². The average molecular weight is 377 g/mol. The number of aromatic nitrogens is 2. The SMILES string of the molecule is CS(=O)(=O)Nc1nnc(NC(=O)CCOc2ccc(Cl)cc2)s1. The van der Waals surface area contributed by atoms with Gasteiger partial charge >= 0.3 is 0 Å². The molecule has 0 aliphatic heterocycles. The molecule has 11 heteroatoms. The Kier molecular flexibility index (Phi) is 5.74. The van der Waals surface area contributed by atoms with Gasteiger partial charge in [0.1, 0.15) is 5.75 Å². The molecule has 0 saturated heterocycles. The lowest BCUT2D eigenvalue weighted by Crippen LogP contribution is -2.15. The maximum atomic E-state index is 11.7. The predicted molar refractivity (Wildman–Crippen MR) is 88.6 cm³/mol. The second kappa shape index (κ2) is 7.57. The zero-order chi connectivity index (χ0) is 16.9. The molecular formula is C12H13ClN4O4S2. The summed E-state index contributed by atoms with van der Waals surface area (Å²) in [7, 11) is -3.42. The molecule has 0 aliphatic rings. The zero-order valence-corrected chi connectivity index (χ0v) is 14.3. The quantitative estimate of drug-likeness (QED) is 0.764. The Hall–Kier alpha value is -1.91. The van der Waals surface area contributed by atoms with E-state index >= 15 is 0 Å². The number of halogens is 1. The Morgan fingerprint density at radius 3 is 2.57 bits per heavy atom. The zero-order valence-electron chi connectivity index (χ0n) is 11.9. The van der Waals surface area contributed by atoms with Crippen LogP contribution in [0.25, 0.3) is 0 Å². The summed E-state index contributed by atoms with van der Waals surface area (Å²) in [5.74, 6) is 0.291. The summed E-state index contributed by atoms with van der Waals surface area (Å²) in [5, 5.41) is 10.7. The van der Waals surface area contributed by atoms with Gasteiger partial charge in [-0.3, -0.25) is 9.52 Å². The molecule has 0 atom stereocenters. The molecule has 0 saturated carbocycles. The minimum atomic E-state index is -3.42. The number of sulfonamides is 1. The van der Waals surface area contributed by atoms with Crippen LogP contribution >= 0.6 is 22.9 Å². The third kappa shape index (κ3) is 6.38. The van der Waals surface area contributed by atoms with Crippen molar-refractivity contribution in [1.29, 1.82) is 0 Å². The fraction of sp³-hybridized carbons (Fsp3) is 0.250. The first-order valence-corrected chi connectivity index (χ1v) is 9.40. The molecule has 0 radical (unpaired) electrons. The van der Waals surface area contributed by atoms with Gasteiger partial charge in [-0.25, -0.2) is 8.42 Å². The summed E-state index contributed by atoms with van der Waals surface area (Å²) in [4.78, 5) is 11.7. The standard InChI is InChI=1S/C12H13ClN4O4S2/c1-23(19,20)17-12-16-15-11(22-12)14-10(18)6-7-21-9-4-2-8(13)3-5-9/h2-5H,6-7H2,1H3,(H,16,17)(H,14,15,18). The largest absolute Gasteiger partial charge is 0.493 e. The summed E-state index contributed by atoms with van der Waals surface area (Å²) in [6, 6.07) is 6.78. The van der Waals surface area contributed by atoms with Crippen LogP contribution in [0.1, 0.15) is 6.42 Å². The van der Waals surface area contributed by atoms with Crippen molar-refractivity contribution in [2.45, 2.75) is 6.42 Å². The van der Waals surface area contributed by atoms with Crippen LogP contribution in [-0.2, 0) is 14.8 Å². The molecule has 2 N–H and O–H groups in total. The van der Waals surface area contributed by atoms with Gasteiger partial charge in [-0.1, -0.05) is 22.9 Å². The number of nitrogens with one attached hydrogen (secondary N) is 2. The molecule has 0 unspecified atom stereocenters. The van der Waals surface area contributed by atoms with Crippen molar-refractivity contribution >= 4 is 49.1 Å². The molecule has 1 amide bonds. The second-order valence-electron chi connectivity index (χ2n) is 4.39. The second-order valence-corrected chi connectivity index (χ2v) is 7.55. The van der Waals surface area contributed by atoms with Gasteiger partial charge in [0.25, 0.3) is 0 Å². The van der Waals surface area contributed by atoms with E-state index in [1.54, 1.807) is 24.3 Å². The number of amides is 1. The Labute approximate surface area is 141 Å². The lowest BCUT2D eigenvalue weighted by Gasteiger charge is -2.05. The van der Waals surface area contributed by atoms with Crippen LogP contribution < -0.4 is 14.8 Å². The fourth-order valence-corrected chi connectivity index (χ4v) is 3.06. The molecule has 1 aromatic heterocycles. The van der Waals surface area contributed by atoms with E-state index in [9.17, 15) is 13.2 Å². The monoisotopic (exact) mass is 376 g/mol. The van der Waals surface area contributed by atoms with E-state index in [4.69, 9.17) is 16.3 Å². The predicted octanol–water partition coefficient (Wildman–Crippen LogP) is 1.97. The van der Waals surface area contributed by atoms with Gasteiger partial charge in [0, 0.05) is 5.02 Å². The fourth-order valence-electron chi connectivity index (χ4n) is 1.45. The summed E-state index contributed by atoms with van der Waals surface area (Å²) < 4.78 is 29.7. The van der Waals surface area contributed by atoms with E-state index in [-0.39, 0.29) is 29.2 Å². The summed E-state index contributed by atoms with van der Waals surface area (Å²) in [6.07, 6.45) is 1.11. The minimum absolute atomic E-state index is 0.0835. The van der Waals surface area contributed by atoms with E-state index in [0.717, 1.165) is 17.6 Å². The number of hydrogen-bond acceptors (Lipinski definition) is 7. The lowest BCUT2D eigenvalue weighted by molar-refractivity contribution is -0.116. The molecule has 0 aliphatic carbocycles. The molecule has 124 valence electrons. The summed E-state index contributed by atoms with van der Waals surface area (Å²) in [6.45, 7) is 0.181. The van der Waals surface area contributed by atoms with Gasteiger partial charge < -0.3 is 10.1 Å². The van der Waals surface area contributed by atoms with E-state index in [1.807, 2.05) is 0 Å². The highest BCUT2D eigenvalue weighted by Gasteiger charge is 2.11. The third-order valence-corrected chi connectivity index (χ3v) is 4.05. The Bertz CT molecular complexity index is 777. The van der Waals surface area contributed by atoms with Gasteiger partial charge in [0.05, 0.1) is 19.3 Å². The van der Waals surface area contributed by atoms with Gasteiger partial charge in [-0.2, -0.15) is 0 Å². The number of carbonyl (C=O) groups excluding carboxylic acids is 1.